The van der Waals surface area contributed by atoms with E-state index in [0.29, 0.717) is 31.4 Å². The molecule has 2 heterocycles. The largest absolute Gasteiger partial charge is 0.448 e. The molecule has 168 valence electrons. The zero-order valence-electron chi connectivity index (χ0n) is 17.2. The number of amides is 1. The van der Waals surface area contributed by atoms with Crippen LogP contribution in [0.15, 0.2) is 66.9 Å². The summed E-state index contributed by atoms with van der Waals surface area (Å²) in [6.45, 7) is 2.20. The van der Waals surface area contributed by atoms with Gasteiger partial charge in [0.1, 0.15) is 11.8 Å². The third kappa shape index (κ3) is 4.71. The molecule has 5 rings (SSSR count). The van der Waals surface area contributed by atoms with Crippen LogP contribution < -0.4 is 5.32 Å². The number of hydrogen-bond acceptors (Lipinski definition) is 4. The Morgan fingerprint density at radius 1 is 1.03 bits per heavy atom. The van der Waals surface area contributed by atoms with Gasteiger partial charge in [0.25, 0.3) is 0 Å². The molecular formula is C24H24Cl3N3O2. The van der Waals surface area contributed by atoms with Crippen LogP contribution in [0.1, 0.15) is 28.7 Å². The van der Waals surface area contributed by atoms with Gasteiger partial charge in [-0.2, -0.15) is 0 Å². The van der Waals surface area contributed by atoms with Crippen molar-refractivity contribution in [1.82, 2.24) is 15.2 Å². The Hall–Kier alpha value is -2.31. The highest BCUT2D eigenvalue weighted by molar-refractivity contribution is 6.29. The van der Waals surface area contributed by atoms with Crippen LogP contribution >= 0.6 is 36.4 Å². The van der Waals surface area contributed by atoms with Crippen LogP contribution in [0, 0.1) is 0 Å². The van der Waals surface area contributed by atoms with Gasteiger partial charge in [0.2, 0.25) is 0 Å². The molecule has 1 aromatic heterocycles. The molecule has 0 radical (unpaired) electrons. The third-order valence-electron chi connectivity index (χ3n) is 5.92. The van der Waals surface area contributed by atoms with Crippen molar-refractivity contribution < 1.29 is 9.53 Å². The number of nitrogens with zero attached hydrogens (tertiary/aromatic N) is 2. The van der Waals surface area contributed by atoms with Crippen LogP contribution in [0.2, 0.25) is 5.15 Å². The standard InChI is InChI=1S/C24H22ClN3O2.2ClH/c25-23-10-9-16(13-27-23)22-14-28(12-11-26-22)24(29)30-15-21-19-7-3-1-5-17(19)18-6-2-4-8-20(18)21;;/h1-10,13,21-22,26H,11-12,14-15H2;2*1H. The summed E-state index contributed by atoms with van der Waals surface area (Å²) in [5.74, 6) is 0.0699. The zero-order chi connectivity index (χ0) is 20.5. The van der Waals surface area contributed by atoms with Gasteiger partial charge in [0.05, 0.1) is 6.04 Å². The van der Waals surface area contributed by atoms with Crippen LogP contribution in [0.4, 0.5) is 4.79 Å². The zero-order valence-corrected chi connectivity index (χ0v) is 19.6. The number of carbonyl (C=O) groups excluding carboxylic acids is 1. The number of aromatic nitrogens is 1. The summed E-state index contributed by atoms with van der Waals surface area (Å²) in [5.41, 5.74) is 5.91. The highest BCUT2D eigenvalue weighted by atomic mass is 35.5. The molecule has 2 aliphatic rings. The average molecular weight is 493 g/mol. The van der Waals surface area contributed by atoms with Gasteiger partial charge < -0.3 is 15.0 Å². The fourth-order valence-corrected chi connectivity index (χ4v) is 4.53. The lowest BCUT2D eigenvalue weighted by Gasteiger charge is -2.33. The minimum Gasteiger partial charge on any atom is -0.448 e. The number of nitrogens with one attached hydrogen (secondary N) is 1. The van der Waals surface area contributed by atoms with Gasteiger partial charge in [-0.1, -0.05) is 66.2 Å². The molecule has 32 heavy (non-hydrogen) atoms. The number of carbonyl (C=O) groups is 1. The van der Waals surface area contributed by atoms with Gasteiger partial charge in [-0.3, -0.25) is 0 Å². The minimum absolute atomic E-state index is 0. The van der Waals surface area contributed by atoms with E-state index in [1.807, 2.05) is 18.2 Å². The van der Waals surface area contributed by atoms with Crippen molar-refractivity contribution in [3.63, 3.8) is 0 Å². The van der Waals surface area contributed by atoms with Crippen molar-refractivity contribution in [3.05, 3.63) is 88.7 Å². The van der Waals surface area contributed by atoms with Crippen molar-refractivity contribution in [2.75, 3.05) is 26.2 Å². The Balaban J connectivity index is 0.00000144. The number of rotatable bonds is 3. The molecule has 1 N–H and O–H groups in total. The fraction of sp³-hybridized carbons (Fsp3) is 0.250. The molecular weight excluding hydrogens is 469 g/mol. The second kappa shape index (κ2) is 10.5. The monoisotopic (exact) mass is 491 g/mol. The lowest BCUT2D eigenvalue weighted by molar-refractivity contribution is 0.0883. The first kappa shape index (κ1) is 24.3. The number of hydrogen-bond donors (Lipinski definition) is 1. The van der Waals surface area contributed by atoms with E-state index < -0.39 is 0 Å². The van der Waals surface area contributed by atoms with Crippen molar-refractivity contribution in [2.24, 2.45) is 0 Å². The Bertz CT molecular complexity index is 1030. The van der Waals surface area contributed by atoms with Crippen LogP contribution in [-0.2, 0) is 4.74 Å². The summed E-state index contributed by atoms with van der Waals surface area (Å²) < 4.78 is 5.80. The van der Waals surface area contributed by atoms with Gasteiger partial charge >= 0.3 is 6.09 Å². The first-order valence-electron chi connectivity index (χ1n) is 10.2. The summed E-state index contributed by atoms with van der Waals surface area (Å²) in [5, 5.41) is 3.89. The van der Waals surface area contributed by atoms with Gasteiger partial charge in [-0.05, 0) is 33.9 Å². The van der Waals surface area contributed by atoms with Crippen LogP contribution in [-0.4, -0.2) is 42.2 Å². The lowest BCUT2D eigenvalue weighted by atomic mass is 9.98. The Kier molecular flexibility index (Phi) is 8.01. The molecule has 0 saturated carbocycles. The first-order chi connectivity index (χ1) is 14.7. The topological polar surface area (TPSA) is 54.5 Å². The van der Waals surface area contributed by atoms with Crippen molar-refractivity contribution in [1.29, 1.82) is 0 Å². The van der Waals surface area contributed by atoms with Crippen molar-refractivity contribution >= 4 is 42.5 Å². The first-order valence-corrected chi connectivity index (χ1v) is 10.5. The Morgan fingerprint density at radius 2 is 1.69 bits per heavy atom. The van der Waals surface area contributed by atoms with E-state index in [4.69, 9.17) is 16.3 Å². The molecule has 1 aliphatic heterocycles. The molecule has 0 bridgehead atoms. The van der Waals surface area contributed by atoms with E-state index in [9.17, 15) is 4.79 Å². The molecule has 2 aromatic carbocycles. The molecule has 8 heteroatoms. The molecule has 1 unspecified atom stereocenters. The highest BCUT2D eigenvalue weighted by Gasteiger charge is 2.31. The summed E-state index contributed by atoms with van der Waals surface area (Å²) in [7, 11) is 0. The quantitative estimate of drug-likeness (QED) is 0.492. The van der Waals surface area contributed by atoms with Gasteiger partial charge in [0.15, 0.2) is 0 Å². The van der Waals surface area contributed by atoms with Gasteiger partial charge in [-0.25, -0.2) is 9.78 Å². The van der Waals surface area contributed by atoms with Crippen molar-refractivity contribution in [3.8, 4) is 11.1 Å². The SMILES string of the molecule is Cl.Cl.O=C(OCC1c2ccccc2-c2ccccc21)N1CCNC(c2ccc(Cl)nc2)C1. The molecule has 1 atom stereocenters. The van der Waals surface area contributed by atoms with Gasteiger partial charge in [-0.15, -0.1) is 24.8 Å². The fourth-order valence-electron chi connectivity index (χ4n) is 4.42. The molecule has 1 aliphatic carbocycles. The summed E-state index contributed by atoms with van der Waals surface area (Å²) in [6.07, 6.45) is 1.48. The summed E-state index contributed by atoms with van der Waals surface area (Å²) in [4.78, 5) is 18.8. The summed E-state index contributed by atoms with van der Waals surface area (Å²) in [6, 6.07) is 20.4. The number of pyridine rings is 1. The number of benzene rings is 2. The number of halogens is 3. The van der Waals surface area contributed by atoms with Crippen LogP contribution in [0.5, 0.6) is 0 Å². The lowest BCUT2D eigenvalue weighted by Crippen LogP contribution is -2.48. The molecule has 3 aromatic rings. The molecule has 0 spiro atoms. The smallest absolute Gasteiger partial charge is 0.409 e. The van der Waals surface area contributed by atoms with Crippen LogP contribution in [0.3, 0.4) is 0 Å². The average Bonchev–Trinajstić information content (AvgIpc) is 3.12. The van der Waals surface area contributed by atoms with Crippen LogP contribution in [0.25, 0.3) is 11.1 Å². The van der Waals surface area contributed by atoms with E-state index in [1.54, 1.807) is 17.2 Å². The second-order valence-electron chi connectivity index (χ2n) is 7.67. The normalized spacial score (nSPS) is 16.9. The summed E-state index contributed by atoms with van der Waals surface area (Å²) >= 11 is 5.89. The maximum atomic E-state index is 12.8. The highest BCUT2D eigenvalue weighted by Crippen LogP contribution is 2.44. The number of fused-ring (bicyclic) bond motifs is 3. The number of ether oxygens (including phenoxy) is 1. The van der Waals surface area contributed by atoms with E-state index in [0.717, 1.165) is 5.56 Å². The number of piperazine rings is 1. The predicted octanol–water partition coefficient (Wildman–Crippen LogP) is 5.47. The minimum atomic E-state index is -0.273. The maximum Gasteiger partial charge on any atom is 0.409 e. The molecule has 1 fully saturated rings. The second-order valence-corrected chi connectivity index (χ2v) is 8.06. The van der Waals surface area contributed by atoms with E-state index in [1.165, 1.54) is 22.3 Å². The predicted molar refractivity (Wildman–Crippen MR) is 131 cm³/mol. The molecule has 5 nitrogen and oxygen atoms in total. The third-order valence-corrected chi connectivity index (χ3v) is 6.15. The Morgan fingerprint density at radius 3 is 2.31 bits per heavy atom. The van der Waals surface area contributed by atoms with Gasteiger partial charge in [0, 0.05) is 31.7 Å². The van der Waals surface area contributed by atoms with E-state index in [-0.39, 0.29) is 42.9 Å². The van der Waals surface area contributed by atoms with E-state index >= 15 is 0 Å². The Labute approximate surface area is 205 Å². The van der Waals surface area contributed by atoms with Crippen molar-refractivity contribution in [2.45, 2.75) is 12.0 Å². The maximum absolute atomic E-state index is 12.8. The molecule has 1 saturated heterocycles. The molecule has 1 amide bonds. The van der Waals surface area contributed by atoms with E-state index in [2.05, 4.69) is 46.7 Å².